The average Bonchev–Trinajstić information content (AvgIpc) is 2.26. The molecule has 0 saturated heterocycles. The van der Waals surface area contributed by atoms with Crippen LogP contribution >= 0.6 is 11.6 Å². The Hall–Kier alpha value is -1.11. The number of sulfonamides is 1. The van der Waals surface area contributed by atoms with E-state index in [0.29, 0.717) is 16.9 Å². The van der Waals surface area contributed by atoms with Gasteiger partial charge in [-0.1, -0.05) is 0 Å². The first kappa shape index (κ1) is 15.9. The summed E-state index contributed by atoms with van der Waals surface area (Å²) in [6.45, 7) is 2.99. The molecule has 1 aromatic carbocycles. The predicted octanol–water partition coefficient (Wildman–Crippen LogP) is 1.70. The van der Waals surface area contributed by atoms with Crippen molar-refractivity contribution in [3.05, 3.63) is 23.3 Å². The maximum Gasteiger partial charge on any atom is 0.243 e. The Morgan fingerprint density at radius 3 is 2.16 bits per heavy atom. The number of methoxy groups -OCH3 is 1. The quantitative estimate of drug-likeness (QED) is 0.777. The summed E-state index contributed by atoms with van der Waals surface area (Å²) >= 11 is 5.23. The van der Waals surface area contributed by atoms with Gasteiger partial charge >= 0.3 is 0 Å². The lowest BCUT2D eigenvalue weighted by Crippen LogP contribution is -2.31. The lowest BCUT2D eigenvalue weighted by Gasteiger charge is -2.19. The molecule has 19 heavy (non-hydrogen) atoms. The molecule has 0 aliphatic carbocycles. The Kier molecular flexibility index (Phi) is 4.95. The molecule has 0 N–H and O–H groups in total. The summed E-state index contributed by atoms with van der Waals surface area (Å²) in [6, 6.07) is 3.27. The van der Waals surface area contributed by atoms with Gasteiger partial charge in [-0.3, -0.25) is 4.79 Å². The van der Waals surface area contributed by atoms with Crippen molar-refractivity contribution in [2.45, 2.75) is 18.7 Å². The molecule has 0 aromatic heterocycles. The molecule has 7 heteroatoms. The first-order valence-corrected chi connectivity index (χ1v) is 7.32. The summed E-state index contributed by atoms with van der Waals surface area (Å²) in [4.78, 5) is 11.0. The van der Waals surface area contributed by atoms with Crippen molar-refractivity contribution >= 4 is 26.9 Å². The molecule has 0 amide bonds. The highest BCUT2D eigenvalue weighted by atomic mass is 35.5. The Morgan fingerprint density at radius 1 is 1.32 bits per heavy atom. The number of likely N-dealkylation sites (N-methyl/N-ethyl adjacent to an activating group) is 1. The number of hydrogen-bond acceptors (Lipinski definition) is 4. The van der Waals surface area contributed by atoms with Crippen LogP contribution in [0.5, 0.6) is 5.75 Å². The number of ether oxygens (including phenoxy) is 1. The van der Waals surface area contributed by atoms with Crippen LogP contribution in [0, 0.1) is 13.8 Å². The summed E-state index contributed by atoms with van der Waals surface area (Å²) in [7, 11) is -0.915. The van der Waals surface area contributed by atoms with E-state index in [9.17, 15) is 13.2 Å². The monoisotopic (exact) mass is 305 g/mol. The number of benzene rings is 1. The van der Waals surface area contributed by atoms with Gasteiger partial charge in [0.05, 0.1) is 18.6 Å². The zero-order valence-corrected chi connectivity index (χ0v) is 12.8. The van der Waals surface area contributed by atoms with E-state index in [1.54, 1.807) is 26.0 Å². The Labute approximate surface area is 118 Å². The van der Waals surface area contributed by atoms with Crippen LogP contribution in [0.3, 0.4) is 0 Å². The van der Waals surface area contributed by atoms with Gasteiger partial charge in [-0.15, -0.1) is 0 Å². The van der Waals surface area contributed by atoms with Gasteiger partial charge in [-0.25, -0.2) is 8.42 Å². The third-order valence-electron chi connectivity index (χ3n) is 2.68. The fourth-order valence-electron chi connectivity index (χ4n) is 1.85. The van der Waals surface area contributed by atoms with Gasteiger partial charge in [0.25, 0.3) is 0 Å². The van der Waals surface area contributed by atoms with Gasteiger partial charge < -0.3 is 4.74 Å². The largest absolute Gasteiger partial charge is 0.497 e. The minimum absolute atomic E-state index is 0.175. The van der Waals surface area contributed by atoms with Crippen LogP contribution in [0.4, 0.5) is 0 Å². The number of halogens is 1. The van der Waals surface area contributed by atoms with E-state index in [1.807, 2.05) is 0 Å². The lowest BCUT2D eigenvalue weighted by atomic mass is 10.1. The summed E-state index contributed by atoms with van der Waals surface area (Å²) in [5.41, 5.74) is 1.12. The minimum atomic E-state index is -3.75. The number of nitrogens with zero attached hydrogens (tertiary/aromatic N) is 1. The predicted molar refractivity (Wildman–Crippen MR) is 73.1 cm³/mol. The first-order valence-electron chi connectivity index (χ1n) is 5.50. The number of carbonyl (C=O) groups is 1. The normalized spacial score (nSPS) is 11.7. The standard InChI is InChI=1S/C12H16ClNO4S/c1-8-5-10(18-4)6-9(2)12(8)19(16,17)14(3)7-11(13)15/h5-6H,7H2,1-4H3. The highest BCUT2D eigenvalue weighted by molar-refractivity contribution is 7.89. The summed E-state index contributed by atoms with van der Waals surface area (Å²) < 4.78 is 30.8. The van der Waals surface area contributed by atoms with Crippen molar-refractivity contribution < 1.29 is 17.9 Å². The fourth-order valence-corrected chi connectivity index (χ4v) is 3.63. The molecule has 0 saturated carbocycles. The number of carbonyl (C=O) groups excluding carboxylic acids is 1. The molecule has 0 spiro atoms. The first-order chi connectivity index (χ1) is 8.70. The zero-order chi connectivity index (χ0) is 14.8. The molecule has 5 nitrogen and oxygen atoms in total. The van der Waals surface area contributed by atoms with Crippen LogP contribution in [0.1, 0.15) is 11.1 Å². The molecule has 0 radical (unpaired) electrons. The van der Waals surface area contributed by atoms with E-state index in [1.165, 1.54) is 14.2 Å². The molecule has 0 aliphatic rings. The van der Waals surface area contributed by atoms with Crippen LogP contribution in [0.25, 0.3) is 0 Å². The summed E-state index contributed by atoms with van der Waals surface area (Å²) in [5.74, 6) is 0.588. The van der Waals surface area contributed by atoms with E-state index in [0.717, 1.165) is 4.31 Å². The summed E-state index contributed by atoms with van der Waals surface area (Å²) in [6.07, 6.45) is 0. The molecule has 0 aliphatic heterocycles. The Bertz CT molecular complexity index is 575. The second kappa shape index (κ2) is 5.90. The second-order valence-electron chi connectivity index (χ2n) is 4.21. The third-order valence-corrected chi connectivity index (χ3v) is 4.91. The maximum atomic E-state index is 12.4. The third kappa shape index (κ3) is 3.46. The second-order valence-corrected chi connectivity index (χ2v) is 6.61. The van der Waals surface area contributed by atoms with E-state index < -0.39 is 15.3 Å². The smallest absolute Gasteiger partial charge is 0.243 e. The van der Waals surface area contributed by atoms with E-state index in [4.69, 9.17) is 16.3 Å². The minimum Gasteiger partial charge on any atom is -0.497 e. The van der Waals surface area contributed by atoms with E-state index in [2.05, 4.69) is 0 Å². The molecule has 0 unspecified atom stereocenters. The highest BCUT2D eigenvalue weighted by Crippen LogP contribution is 2.27. The number of aryl methyl sites for hydroxylation is 2. The zero-order valence-electron chi connectivity index (χ0n) is 11.2. The van der Waals surface area contributed by atoms with Crippen molar-refractivity contribution in [2.75, 3.05) is 20.7 Å². The number of hydrogen-bond donors (Lipinski definition) is 0. The van der Waals surface area contributed by atoms with Crippen LogP contribution < -0.4 is 4.74 Å². The number of rotatable bonds is 5. The molecule has 0 fully saturated rings. The molecule has 0 atom stereocenters. The van der Waals surface area contributed by atoms with Gasteiger partial charge in [0.15, 0.2) is 0 Å². The molecule has 1 rings (SSSR count). The van der Waals surface area contributed by atoms with Gasteiger partial charge in [0.2, 0.25) is 15.3 Å². The van der Waals surface area contributed by atoms with Gasteiger partial charge in [0, 0.05) is 7.05 Å². The van der Waals surface area contributed by atoms with Crippen molar-refractivity contribution in [3.63, 3.8) is 0 Å². The van der Waals surface area contributed by atoms with Crippen LogP contribution in [-0.2, 0) is 14.8 Å². The van der Waals surface area contributed by atoms with Gasteiger partial charge in [-0.05, 0) is 48.7 Å². The molecular formula is C12H16ClNO4S. The lowest BCUT2D eigenvalue weighted by molar-refractivity contribution is -0.111. The fraction of sp³-hybridized carbons (Fsp3) is 0.417. The van der Waals surface area contributed by atoms with E-state index in [-0.39, 0.29) is 11.4 Å². The van der Waals surface area contributed by atoms with E-state index >= 15 is 0 Å². The Balaban J connectivity index is 3.33. The van der Waals surface area contributed by atoms with Crippen LogP contribution in [0.15, 0.2) is 17.0 Å². The van der Waals surface area contributed by atoms with Crippen LogP contribution in [-0.4, -0.2) is 38.7 Å². The topological polar surface area (TPSA) is 63.7 Å². The van der Waals surface area contributed by atoms with Crippen molar-refractivity contribution in [1.82, 2.24) is 4.31 Å². The van der Waals surface area contributed by atoms with Crippen molar-refractivity contribution in [2.24, 2.45) is 0 Å². The van der Waals surface area contributed by atoms with Crippen molar-refractivity contribution in [3.8, 4) is 5.75 Å². The van der Waals surface area contributed by atoms with Crippen LogP contribution in [0.2, 0.25) is 0 Å². The summed E-state index contributed by atoms with van der Waals surface area (Å²) in [5, 5.41) is -0.727. The average molecular weight is 306 g/mol. The molecular weight excluding hydrogens is 290 g/mol. The van der Waals surface area contributed by atoms with Crippen molar-refractivity contribution in [1.29, 1.82) is 0 Å². The van der Waals surface area contributed by atoms with Gasteiger partial charge in [0.1, 0.15) is 5.75 Å². The SMILES string of the molecule is COc1cc(C)c(S(=O)(=O)N(C)CC(=O)Cl)c(C)c1. The highest BCUT2D eigenvalue weighted by Gasteiger charge is 2.26. The maximum absolute atomic E-state index is 12.4. The molecule has 1 aromatic rings. The van der Waals surface area contributed by atoms with Gasteiger partial charge in [-0.2, -0.15) is 4.31 Å². The molecule has 0 heterocycles. The molecule has 106 valence electrons. The molecule has 0 bridgehead atoms. The Morgan fingerprint density at radius 2 is 1.79 bits per heavy atom.